The van der Waals surface area contributed by atoms with Crippen molar-refractivity contribution in [3.63, 3.8) is 0 Å². The molecule has 0 bridgehead atoms. The van der Waals surface area contributed by atoms with Crippen LogP contribution < -0.4 is 10.1 Å². The van der Waals surface area contributed by atoms with Crippen molar-refractivity contribution in [2.45, 2.75) is 6.42 Å². The fourth-order valence-corrected chi connectivity index (χ4v) is 2.40. The second-order valence-electron chi connectivity index (χ2n) is 4.98. The van der Waals surface area contributed by atoms with Crippen LogP contribution >= 0.6 is 0 Å². The molecule has 0 aliphatic carbocycles. The molecule has 1 amide bonds. The number of carbonyl (C=O) groups is 1. The summed E-state index contributed by atoms with van der Waals surface area (Å²) in [5.74, 6) is 0.437. The number of carbonyl (C=O) groups excluding carboxylic acids is 1. The van der Waals surface area contributed by atoms with E-state index in [0.29, 0.717) is 18.2 Å². The van der Waals surface area contributed by atoms with E-state index >= 15 is 0 Å². The molecule has 1 aromatic carbocycles. The van der Waals surface area contributed by atoms with Crippen LogP contribution in [0.3, 0.4) is 0 Å². The largest absolute Gasteiger partial charge is 0.504 e. The minimum atomic E-state index is -0.258. The smallest absolute Gasteiger partial charge is 0.255 e. The van der Waals surface area contributed by atoms with E-state index in [-0.39, 0.29) is 17.2 Å². The minimum Gasteiger partial charge on any atom is -0.504 e. The van der Waals surface area contributed by atoms with Gasteiger partial charge in [0.2, 0.25) is 0 Å². The molecule has 19 heavy (non-hydrogen) atoms. The number of ether oxygens (including phenoxy) is 1. The lowest BCUT2D eigenvalue weighted by molar-refractivity contribution is 0.0944. The van der Waals surface area contributed by atoms with Crippen molar-refractivity contribution >= 4 is 5.91 Å². The Kier molecular flexibility index (Phi) is 4.27. The van der Waals surface area contributed by atoms with Gasteiger partial charge in [-0.3, -0.25) is 4.79 Å². The molecular weight excluding hydrogens is 244 g/mol. The first kappa shape index (κ1) is 13.7. The Labute approximate surface area is 113 Å². The Morgan fingerprint density at radius 2 is 2.37 bits per heavy atom. The highest BCUT2D eigenvalue weighted by Crippen LogP contribution is 2.29. The maximum absolute atomic E-state index is 12.0. The van der Waals surface area contributed by atoms with Crippen molar-refractivity contribution in [2.24, 2.45) is 5.92 Å². The molecule has 0 spiro atoms. The zero-order valence-electron chi connectivity index (χ0n) is 11.3. The number of nitrogens with zero attached hydrogens (tertiary/aromatic N) is 1. The van der Waals surface area contributed by atoms with Crippen molar-refractivity contribution in [2.75, 3.05) is 33.8 Å². The van der Waals surface area contributed by atoms with Gasteiger partial charge in [0.15, 0.2) is 11.5 Å². The second-order valence-corrected chi connectivity index (χ2v) is 4.98. The SMILES string of the molecule is COc1cccc(C(=O)NCC2CCN(C)C2)c1O. The molecule has 1 fully saturated rings. The molecule has 1 aromatic rings. The summed E-state index contributed by atoms with van der Waals surface area (Å²) in [6, 6.07) is 4.91. The summed E-state index contributed by atoms with van der Waals surface area (Å²) in [5.41, 5.74) is 0.255. The van der Waals surface area contributed by atoms with Gasteiger partial charge in [-0.1, -0.05) is 6.07 Å². The lowest BCUT2D eigenvalue weighted by Crippen LogP contribution is -2.30. The number of methoxy groups -OCH3 is 1. The van der Waals surface area contributed by atoms with Gasteiger partial charge in [0.1, 0.15) is 0 Å². The van der Waals surface area contributed by atoms with Gasteiger partial charge in [-0.15, -0.1) is 0 Å². The standard InChI is InChI=1S/C14H20N2O3/c1-16-7-6-10(9-16)8-15-14(18)11-4-3-5-12(19-2)13(11)17/h3-5,10,17H,6-9H2,1-2H3,(H,15,18). The summed E-state index contributed by atoms with van der Waals surface area (Å²) >= 11 is 0. The highest BCUT2D eigenvalue weighted by molar-refractivity contribution is 5.97. The third kappa shape index (κ3) is 3.17. The van der Waals surface area contributed by atoms with Crippen LogP contribution in [-0.4, -0.2) is 49.7 Å². The molecule has 1 unspecified atom stereocenters. The molecule has 2 N–H and O–H groups in total. The van der Waals surface area contributed by atoms with Crippen molar-refractivity contribution in [3.05, 3.63) is 23.8 Å². The lowest BCUT2D eigenvalue weighted by atomic mass is 10.1. The lowest BCUT2D eigenvalue weighted by Gasteiger charge is -2.13. The molecule has 5 heteroatoms. The maximum Gasteiger partial charge on any atom is 0.255 e. The van der Waals surface area contributed by atoms with Crippen molar-refractivity contribution < 1.29 is 14.6 Å². The van der Waals surface area contributed by atoms with Crippen LogP contribution in [0.25, 0.3) is 0 Å². The Morgan fingerprint density at radius 1 is 1.58 bits per heavy atom. The molecule has 0 saturated carbocycles. The van der Waals surface area contributed by atoms with E-state index in [1.54, 1.807) is 18.2 Å². The zero-order chi connectivity index (χ0) is 13.8. The minimum absolute atomic E-state index is 0.106. The number of amides is 1. The zero-order valence-corrected chi connectivity index (χ0v) is 11.3. The van der Waals surface area contributed by atoms with E-state index in [1.165, 1.54) is 7.11 Å². The summed E-state index contributed by atoms with van der Waals surface area (Å²) in [7, 11) is 3.54. The molecule has 0 aromatic heterocycles. The molecular formula is C14H20N2O3. The highest BCUT2D eigenvalue weighted by Gasteiger charge is 2.21. The van der Waals surface area contributed by atoms with Gasteiger partial charge >= 0.3 is 0 Å². The number of aromatic hydroxyl groups is 1. The Hall–Kier alpha value is -1.75. The first-order valence-corrected chi connectivity index (χ1v) is 6.44. The predicted molar refractivity (Wildman–Crippen MR) is 72.6 cm³/mol. The summed E-state index contributed by atoms with van der Waals surface area (Å²) in [6.07, 6.45) is 1.10. The number of hydrogen-bond donors (Lipinski definition) is 2. The number of likely N-dealkylation sites (tertiary alicyclic amines) is 1. The van der Waals surface area contributed by atoms with Crippen molar-refractivity contribution in [1.82, 2.24) is 10.2 Å². The molecule has 1 aliphatic heterocycles. The maximum atomic E-state index is 12.0. The van der Waals surface area contributed by atoms with Gasteiger partial charge in [-0.05, 0) is 38.1 Å². The van der Waals surface area contributed by atoms with E-state index in [4.69, 9.17) is 4.74 Å². The van der Waals surface area contributed by atoms with E-state index in [0.717, 1.165) is 19.5 Å². The van der Waals surface area contributed by atoms with Crippen molar-refractivity contribution in [3.8, 4) is 11.5 Å². The molecule has 1 saturated heterocycles. The molecule has 1 atom stereocenters. The second kappa shape index (κ2) is 5.93. The Balaban J connectivity index is 1.96. The highest BCUT2D eigenvalue weighted by atomic mass is 16.5. The average Bonchev–Trinajstić information content (AvgIpc) is 2.82. The number of nitrogens with one attached hydrogen (secondary N) is 1. The Morgan fingerprint density at radius 3 is 3.00 bits per heavy atom. The first-order valence-electron chi connectivity index (χ1n) is 6.44. The molecule has 2 rings (SSSR count). The number of para-hydroxylation sites is 1. The van der Waals surface area contributed by atoms with E-state index < -0.39 is 0 Å². The molecule has 0 radical (unpaired) electrons. The van der Waals surface area contributed by atoms with Gasteiger partial charge in [0, 0.05) is 13.1 Å². The number of phenolic OH excluding ortho intramolecular Hbond substituents is 1. The van der Waals surface area contributed by atoms with Crippen LogP contribution in [0.15, 0.2) is 18.2 Å². The monoisotopic (exact) mass is 264 g/mol. The van der Waals surface area contributed by atoms with Crippen LogP contribution in [0.5, 0.6) is 11.5 Å². The van der Waals surface area contributed by atoms with Gasteiger partial charge in [-0.25, -0.2) is 0 Å². The number of phenols is 1. The van der Waals surface area contributed by atoms with Crippen LogP contribution in [-0.2, 0) is 0 Å². The van der Waals surface area contributed by atoms with Gasteiger partial charge in [-0.2, -0.15) is 0 Å². The average molecular weight is 264 g/mol. The summed E-state index contributed by atoms with van der Waals surface area (Å²) < 4.78 is 4.99. The molecule has 1 heterocycles. The molecule has 104 valence electrons. The Bertz CT molecular complexity index is 462. The fraction of sp³-hybridized carbons (Fsp3) is 0.500. The topological polar surface area (TPSA) is 61.8 Å². The molecule has 5 nitrogen and oxygen atoms in total. The number of hydrogen-bond acceptors (Lipinski definition) is 4. The van der Waals surface area contributed by atoms with E-state index in [1.807, 2.05) is 0 Å². The number of benzene rings is 1. The third-order valence-electron chi connectivity index (χ3n) is 3.50. The summed E-state index contributed by atoms with van der Waals surface area (Å²) in [5, 5.41) is 12.8. The van der Waals surface area contributed by atoms with Gasteiger partial charge in [0.05, 0.1) is 12.7 Å². The van der Waals surface area contributed by atoms with Crippen LogP contribution in [0.1, 0.15) is 16.8 Å². The molecule has 1 aliphatic rings. The first-order chi connectivity index (χ1) is 9.11. The van der Waals surface area contributed by atoms with Crippen LogP contribution in [0.4, 0.5) is 0 Å². The summed E-state index contributed by atoms with van der Waals surface area (Å²) in [4.78, 5) is 14.3. The quantitative estimate of drug-likeness (QED) is 0.854. The van der Waals surface area contributed by atoms with Gasteiger partial charge < -0.3 is 20.1 Å². The normalized spacial score (nSPS) is 19.4. The fourth-order valence-electron chi connectivity index (χ4n) is 2.40. The van der Waals surface area contributed by atoms with E-state index in [2.05, 4.69) is 17.3 Å². The van der Waals surface area contributed by atoms with Crippen molar-refractivity contribution in [1.29, 1.82) is 0 Å². The van der Waals surface area contributed by atoms with E-state index in [9.17, 15) is 9.90 Å². The van der Waals surface area contributed by atoms with Crippen LogP contribution in [0, 0.1) is 5.92 Å². The third-order valence-corrected chi connectivity index (χ3v) is 3.50. The number of rotatable bonds is 4. The predicted octanol–water partition coefficient (Wildman–Crippen LogP) is 1.08. The van der Waals surface area contributed by atoms with Crippen LogP contribution in [0.2, 0.25) is 0 Å². The summed E-state index contributed by atoms with van der Waals surface area (Å²) in [6.45, 7) is 2.72. The van der Waals surface area contributed by atoms with Gasteiger partial charge in [0.25, 0.3) is 5.91 Å².